The van der Waals surface area contributed by atoms with Crippen LogP contribution in [0.25, 0.3) is 0 Å². The molecule has 0 aromatic heterocycles. The first-order valence-corrected chi connectivity index (χ1v) is 5.06. The lowest BCUT2D eigenvalue weighted by atomic mass is 10.0. The van der Waals surface area contributed by atoms with Crippen LogP contribution in [0.15, 0.2) is 18.2 Å². The lowest BCUT2D eigenvalue weighted by Crippen LogP contribution is -2.47. The molecule has 1 aromatic rings. The summed E-state index contributed by atoms with van der Waals surface area (Å²) in [6.07, 6.45) is 0. The monoisotopic (exact) mass is 222 g/mol. The smallest absolute Gasteiger partial charge is 0.197 e. The Morgan fingerprint density at radius 2 is 2.19 bits per heavy atom. The van der Waals surface area contributed by atoms with E-state index in [-0.39, 0.29) is 12.4 Å². The highest BCUT2D eigenvalue weighted by atomic mass is 16.6. The number of hydrogen-bond donors (Lipinski definition) is 0. The van der Waals surface area contributed by atoms with Crippen LogP contribution in [0, 0.1) is 0 Å². The van der Waals surface area contributed by atoms with E-state index in [4.69, 9.17) is 14.2 Å². The van der Waals surface area contributed by atoms with E-state index in [1.165, 1.54) is 6.92 Å². The summed E-state index contributed by atoms with van der Waals surface area (Å²) in [5.74, 6) is 1.84. The van der Waals surface area contributed by atoms with Crippen molar-refractivity contribution in [3.8, 4) is 17.2 Å². The molecule has 1 atom stereocenters. The number of carbonyl (C=O) groups is 1. The molecule has 0 saturated carbocycles. The number of hydrogen-bond acceptors (Lipinski definition) is 4. The van der Waals surface area contributed by atoms with Crippen LogP contribution in [0.1, 0.15) is 13.8 Å². The number of carbonyl (C=O) groups excluding carboxylic acids is 1. The van der Waals surface area contributed by atoms with E-state index in [0.717, 1.165) is 0 Å². The maximum Gasteiger partial charge on any atom is 0.197 e. The molecule has 16 heavy (non-hydrogen) atoms. The van der Waals surface area contributed by atoms with Gasteiger partial charge in [-0.2, -0.15) is 0 Å². The molecule has 1 aliphatic heterocycles. The lowest BCUT2D eigenvalue weighted by molar-refractivity contribution is -0.135. The van der Waals surface area contributed by atoms with Crippen LogP contribution < -0.4 is 14.2 Å². The Kier molecular flexibility index (Phi) is 2.50. The first-order chi connectivity index (χ1) is 7.55. The predicted octanol–water partition coefficient (Wildman–Crippen LogP) is 1.81. The fourth-order valence-corrected chi connectivity index (χ4v) is 1.47. The van der Waals surface area contributed by atoms with Crippen molar-refractivity contribution in [3.05, 3.63) is 18.2 Å². The number of ether oxygens (including phenoxy) is 3. The molecule has 1 aliphatic rings. The Morgan fingerprint density at radius 1 is 1.44 bits per heavy atom. The number of fused-ring (bicyclic) bond motifs is 1. The van der Waals surface area contributed by atoms with Crippen LogP contribution in [0.5, 0.6) is 17.2 Å². The van der Waals surface area contributed by atoms with Gasteiger partial charge in [-0.3, -0.25) is 4.79 Å². The van der Waals surface area contributed by atoms with Gasteiger partial charge in [0.15, 0.2) is 22.9 Å². The molecule has 1 heterocycles. The first kappa shape index (κ1) is 10.8. The maximum absolute atomic E-state index is 11.4. The van der Waals surface area contributed by atoms with E-state index in [0.29, 0.717) is 17.2 Å². The molecule has 0 aliphatic carbocycles. The molecule has 0 N–H and O–H groups in total. The summed E-state index contributed by atoms with van der Waals surface area (Å²) in [6, 6.07) is 5.26. The minimum atomic E-state index is -0.887. The maximum atomic E-state index is 11.4. The van der Waals surface area contributed by atoms with Crippen molar-refractivity contribution in [2.75, 3.05) is 13.7 Å². The summed E-state index contributed by atoms with van der Waals surface area (Å²) in [4.78, 5) is 11.4. The molecule has 1 unspecified atom stereocenters. The fraction of sp³-hybridized carbons (Fsp3) is 0.417. The lowest BCUT2D eigenvalue weighted by Gasteiger charge is -2.33. The summed E-state index contributed by atoms with van der Waals surface area (Å²) in [5, 5.41) is 0. The van der Waals surface area contributed by atoms with Gasteiger partial charge in [-0.25, -0.2) is 0 Å². The van der Waals surface area contributed by atoms with Crippen molar-refractivity contribution in [1.29, 1.82) is 0 Å². The molecular formula is C12H14O4. The van der Waals surface area contributed by atoms with E-state index in [1.54, 1.807) is 32.2 Å². The van der Waals surface area contributed by atoms with Gasteiger partial charge in [0.25, 0.3) is 0 Å². The molecule has 0 amide bonds. The van der Waals surface area contributed by atoms with E-state index in [9.17, 15) is 4.79 Å². The van der Waals surface area contributed by atoms with E-state index in [1.807, 2.05) is 0 Å². The summed E-state index contributed by atoms with van der Waals surface area (Å²) in [6.45, 7) is 3.45. The molecule has 4 nitrogen and oxygen atoms in total. The molecular weight excluding hydrogens is 208 g/mol. The number of ketones is 1. The highest BCUT2D eigenvalue weighted by molar-refractivity contribution is 5.85. The van der Waals surface area contributed by atoms with Crippen LogP contribution in [0.2, 0.25) is 0 Å². The van der Waals surface area contributed by atoms with Gasteiger partial charge < -0.3 is 14.2 Å². The molecule has 0 spiro atoms. The van der Waals surface area contributed by atoms with Crippen LogP contribution in [-0.2, 0) is 4.79 Å². The van der Waals surface area contributed by atoms with Gasteiger partial charge in [-0.15, -0.1) is 0 Å². The molecule has 2 rings (SSSR count). The minimum absolute atomic E-state index is 0.0473. The third-order valence-electron chi connectivity index (χ3n) is 2.73. The molecule has 0 fully saturated rings. The van der Waals surface area contributed by atoms with Gasteiger partial charge in [-0.05, 0) is 26.0 Å². The van der Waals surface area contributed by atoms with Crippen molar-refractivity contribution in [3.63, 3.8) is 0 Å². The standard InChI is InChI=1S/C12H14O4/c1-8(13)12(2)7-15-11-6-9(14-3)4-5-10(11)16-12/h4-6H,7H2,1-3H3. The van der Waals surface area contributed by atoms with Gasteiger partial charge in [-0.1, -0.05) is 0 Å². The Morgan fingerprint density at radius 3 is 2.81 bits per heavy atom. The summed E-state index contributed by atoms with van der Waals surface area (Å²) in [7, 11) is 1.59. The molecule has 0 radical (unpaired) electrons. The van der Waals surface area contributed by atoms with Gasteiger partial charge in [0.1, 0.15) is 12.4 Å². The number of rotatable bonds is 2. The average Bonchev–Trinajstić information content (AvgIpc) is 2.28. The van der Waals surface area contributed by atoms with Crippen molar-refractivity contribution < 1.29 is 19.0 Å². The molecule has 0 bridgehead atoms. The van der Waals surface area contributed by atoms with Gasteiger partial charge in [0.05, 0.1) is 7.11 Å². The van der Waals surface area contributed by atoms with Crippen molar-refractivity contribution in [1.82, 2.24) is 0 Å². The van der Waals surface area contributed by atoms with Crippen LogP contribution in [-0.4, -0.2) is 25.1 Å². The second-order valence-electron chi connectivity index (χ2n) is 3.99. The highest BCUT2D eigenvalue weighted by Crippen LogP contribution is 2.37. The van der Waals surface area contributed by atoms with E-state index in [2.05, 4.69) is 0 Å². The zero-order valence-corrected chi connectivity index (χ0v) is 9.57. The van der Waals surface area contributed by atoms with Crippen molar-refractivity contribution >= 4 is 5.78 Å². The van der Waals surface area contributed by atoms with Crippen LogP contribution in [0.3, 0.4) is 0 Å². The summed E-state index contributed by atoms with van der Waals surface area (Å²) in [5.41, 5.74) is -0.887. The Hall–Kier alpha value is -1.71. The fourth-order valence-electron chi connectivity index (χ4n) is 1.47. The van der Waals surface area contributed by atoms with Gasteiger partial charge in [0, 0.05) is 6.07 Å². The average molecular weight is 222 g/mol. The predicted molar refractivity (Wildman–Crippen MR) is 58.2 cm³/mol. The van der Waals surface area contributed by atoms with Crippen molar-refractivity contribution in [2.24, 2.45) is 0 Å². The van der Waals surface area contributed by atoms with E-state index < -0.39 is 5.60 Å². The molecule has 4 heteroatoms. The topological polar surface area (TPSA) is 44.8 Å². The SMILES string of the molecule is COc1ccc2c(c1)OCC(C)(C(C)=O)O2. The quantitative estimate of drug-likeness (QED) is 0.765. The van der Waals surface area contributed by atoms with Crippen LogP contribution in [0.4, 0.5) is 0 Å². The highest BCUT2D eigenvalue weighted by Gasteiger charge is 2.37. The van der Waals surface area contributed by atoms with E-state index >= 15 is 0 Å². The molecule has 0 saturated heterocycles. The number of benzene rings is 1. The second kappa shape index (κ2) is 3.70. The van der Waals surface area contributed by atoms with Crippen molar-refractivity contribution in [2.45, 2.75) is 19.4 Å². The largest absolute Gasteiger partial charge is 0.497 e. The third-order valence-corrected chi connectivity index (χ3v) is 2.73. The third kappa shape index (κ3) is 1.71. The Labute approximate surface area is 94.1 Å². The normalized spacial score (nSPS) is 22.7. The van der Waals surface area contributed by atoms with Gasteiger partial charge >= 0.3 is 0 Å². The minimum Gasteiger partial charge on any atom is -0.497 e. The number of Topliss-reactive ketones (excluding diaryl/α,β-unsaturated/α-hetero) is 1. The first-order valence-electron chi connectivity index (χ1n) is 5.06. The Balaban J connectivity index is 2.32. The zero-order valence-electron chi connectivity index (χ0n) is 9.57. The molecule has 1 aromatic carbocycles. The summed E-state index contributed by atoms with van der Waals surface area (Å²) >= 11 is 0. The second-order valence-corrected chi connectivity index (χ2v) is 3.99. The molecule has 86 valence electrons. The summed E-state index contributed by atoms with van der Waals surface area (Å²) < 4.78 is 16.2. The zero-order chi connectivity index (χ0) is 11.8. The Bertz CT molecular complexity index is 427. The van der Waals surface area contributed by atoms with Crippen LogP contribution >= 0.6 is 0 Å². The van der Waals surface area contributed by atoms with Gasteiger partial charge in [0.2, 0.25) is 0 Å². The number of methoxy groups -OCH3 is 1.